The highest BCUT2D eigenvalue weighted by molar-refractivity contribution is 7.99. The van der Waals surface area contributed by atoms with Crippen LogP contribution in [0.3, 0.4) is 0 Å². The molecule has 0 unspecified atom stereocenters. The Morgan fingerprint density at radius 2 is 1.79 bits per heavy atom. The average molecular weight is 349 g/mol. The van der Waals surface area contributed by atoms with E-state index in [4.69, 9.17) is 4.74 Å². The number of aromatic nitrogens is 2. The van der Waals surface area contributed by atoms with Crippen molar-refractivity contribution < 1.29 is 18.7 Å². The average Bonchev–Trinajstić information content (AvgIpc) is 2.52. The highest BCUT2D eigenvalue weighted by Crippen LogP contribution is 2.14. The lowest BCUT2D eigenvalue weighted by Gasteiger charge is -2.06. The number of nitrogens with one attached hydrogen (secondary N) is 1. The number of hydrogen-bond acceptors (Lipinski definition) is 6. The largest absolute Gasteiger partial charge is 0.455 e. The predicted molar refractivity (Wildman–Crippen MR) is 88.2 cm³/mol. The van der Waals surface area contributed by atoms with E-state index in [2.05, 4.69) is 15.3 Å². The zero-order valence-electron chi connectivity index (χ0n) is 13.2. The second kappa shape index (κ2) is 8.39. The molecule has 6 nitrogen and oxygen atoms in total. The number of amides is 1. The monoisotopic (exact) mass is 349 g/mol. The van der Waals surface area contributed by atoms with E-state index in [9.17, 15) is 14.0 Å². The Morgan fingerprint density at radius 1 is 1.17 bits per heavy atom. The molecule has 0 spiro atoms. The summed E-state index contributed by atoms with van der Waals surface area (Å²) in [7, 11) is 0. The summed E-state index contributed by atoms with van der Waals surface area (Å²) in [5.41, 5.74) is 2.06. The van der Waals surface area contributed by atoms with Crippen LogP contribution in [-0.4, -0.2) is 34.2 Å². The molecule has 1 heterocycles. The number of aryl methyl sites for hydroxylation is 2. The molecule has 2 rings (SSSR count). The van der Waals surface area contributed by atoms with Crippen molar-refractivity contribution in [1.29, 1.82) is 0 Å². The molecular weight excluding hydrogens is 333 g/mol. The second-order valence-electron chi connectivity index (χ2n) is 4.94. The molecule has 0 aliphatic heterocycles. The topological polar surface area (TPSA) is 81.2 Å². The van der Waals surface area contributed by atoms with Crippen molar-refractivity contribution in [2.45, 2.75) is 19.0 Å². The molecule has 0 atom stereocenters. The Bertz CT molecular complexity index is 718. The van der Waals surface area contributed by atoms with Gasteiger partial charge in [-0.3, -0.25) is 9.59 Å². The van der Waals surface area contributed by atoms with Gasteiger partial charge in [0.2, 0.25) is 0 Å². The van der Waals surface area contributed by atoms with Crippen LogP contribution in [0.2, 0.25) is 0 Å². The summed E-state index contributed by atoms with van der Waals surface area (Å²) in [6.07, 6.45) is 0. The molecule has 1 aromatic heterocycles. The molecule has 0 fully saturated rings. The predicted octanol–water partition coefficient (Wildman–Crippen LogP) is 2.51. The summed E-state index contributed by atoms with van der Waals surface area (Å²) >= 11 is 1.14. The summed E-state index contributed by atoms with van der Waals surface area (Å²) in [5.74, 6) is -1.43. The fraction of sp³-hybridized carbons (Fsp3) is 0.250. The number of thioether (sulfide) groups is 1. The van der Waals surface area contributed by atoms with Gasteiger partial charge in [0, 0.05) is 17.1 Å². The van der Waals surface area contributed by atoms with Gasteiger partial charge in [0.25, 0.3) is 5.91 Å². The van der Waals surface area contributed by atoms with Gasteiger partial charge >= 0.3 is 5.97 Å². The molecule has 0 aliphatic carbocycles. The van der Waals surface area contributed by atoms with Crippen LogP contribution < -0.4 is 5.32 Å². The third-order valence-corrected chi connectivity index (χ3v) is 3.59. The minimum Gasteiger partial charge on any atom is -0.455 e. The molecular formula is C16H16FN3O3S. The molecule has 0 bridgehead atoms. The van der Waals surface area contributed by atoms with Gasteiger partial charge in [0.1, 0.15) is 5.82 Å². The van der Waals surface area contributed by atoms with Crippen LogP contribution in [-0.2, 0) is 14.3 Å². The van der Waals surface area contributed by atoms with E-state index in [1.165, 1.54) is 24.3 Å². The van der Waals surface area contributed by atoms with Crippen molar-refractivity contribution in [3.63, 3.8) is 0 Å². The first-order valence-corrected chi connectivity index (χ1v) is 8.07. The van der Waals surface area contributed by atoms with Crippen LogP contribution in [0.1, 0.15) is 11.4 Å². The van der Waals surface area contributed by atoms with E-state index < -0.39 is 24.3 Å². The molecule has 1 amide bonds. The van der Waals surface area contributed by atoms with Crippen LogP contribution in [0, 0.1) is 19.7 Å². The maximum absolute atomic E-state index is 12.8. The van der Waals surface area contributed by atoms with Crippen LogP contribution in [0.15, 0.2) is 35.5 Å². The van der Waals surface area contributed by atoms with Crippen LogP contribution >= 0.6 is 11.8 Å². The molecule has 0 radical (unpaired) electrons. The smallest absolute Gasteiger partial charge is 0.316 e. The third-order valence-electron chi connectivity index (χ3n) is 2.77. The van der Waals surface area contributed by atoms with E-state index >= 15 is 0 Å². The first-order valence-electron chi connectivity index (χ1n) is 7.08. The molecule has 0 saturated heterocycles. The highest BCUT2D eigenvalue weighted by atomic mass is 32.2. The van der Waals surface area contributed by atoms with Crippen molar-refractivity contribution in [1.82, 2.24) is 9.97 Å². The Hall–Kier alpha value is -2.48. The Labute approximate surface area is 142 Å². The molecule has 0 aliphatic rings. The standard InChI is InChI=1S/C16H16FN3O3S/c1-10-7-11(2)19-16(18-10)24-9-15(22)23-8-14(21)20-13-5-3-12(17)4-6-13/h3-7H,8-9H2,1-2H3,(H,20,21). The lowest BCUT2D eigenvalue weighted by molar-refractivity contribution is -0.144. The number of benzene rings is 1. The van der Waals surface area contributed by atoms with Gasteiger partial charge in [-0.25, -0.2) is 14.4 Å². The number of carbonyl (C=O) groups excluding carboxylic acids is 2. The van der Waals surface area contributed by atoms with Crippen molar-refractivity contribution in [3.8, 4) is 0 Å². The fourth-order valence-corrected chi connectivity index (χ4v) is 2.55. The van der Waals surface area contributed by atoms with E-state index in [1.807, 2.05) is 19.9 Å². The number of halogens is 1. The molecule has 1 aromatic carbocycles. The summed E-state index contributed by atoms with van der Waals surface area (Å²) in [6.45, 7) is 3.28. The molecule has 1 N–H and O–H groups in total. The van der Waals surface area contributed by atoms with Gasteiger partial charge in [0.15, 0.2) is 11.8 Å². The van der Waals surface area contributed by atoms with Crippen molar-refractivity contribution in [2.24, 2.45) is 0 Å². The first kappa shape index (κ1) is 17.9. The third kappa shape index (κ3) is 5.96. The summed E-state index contributed by atoms with van der Waals surface area (Å²) in [6, 6.07) is 7.12. The van der Waals surface area contributed by atoms with Crippen molar-refractivity contribution >= 4 is 29.3 Å². The van der Waals surface area contributed by atoms with Gasteiger partial charge in [-0.2, -0.15) is 0 Å². The Kier molecular flexibility index (Phi) is 6.25. The number of carbonyl (C=O) groups is 2. The molecule has 8 heteroatoms. The maximum Gasteiger partial charge on any atom is 0.316 e. The zero-order valence-corrected chi connectivity index (χ0v) is 14.0. The lowest BCUT2D eigenvalue weighted by Crippen LogP contribution is -2.21. The SMILES string of the molecule is Cc1cc(C)nc(SCC(=O)OCC(=O)Nc2ccc(F)cc2)n1. The van der Waals surface area contributed by atoms with E-state index in [0.717, 1.165) is 23.1 Å². The summed E-state index contributed by atoms with van der Waals surface area (Å²) in [4.78, 5) is 31.7. The quantitative estimate of drug-likeness (QED) is 0.490. The summed E-state index contributed by atoms with van der Waals surface area (Å²) in [5, 5.41) is 2.99. The van der Waals surface area contributed by atoms with Crippen LogP contribution in [0.25, 0.3) is 0 Å². The van der Waals surface area contributed by atoms with Gasteiger partial charge in [-0.1, -0.05) is 11.8 Å². The minimum absolute atomic E-state index is 0.00667. The number of nitrogens with zero attached hydrogens (tertiary/aromatic N) is 2. The normalized spacial score (nSPS) is 10.3. The maximum atomic E-state index is 12.8. The highest BCUT2D eigenvalue weighted by Gasteiger charge is 2.10. The molecule has 24 heavy (non-hydrogen) atoms. The number of esters is 1. The van der Waals surface area contributed by atoms with Crippen molar-refractivity contribution in [3.05, 3.63) is 47.5 Å². The van der Waals surface area contributed by atoms with Crippen molar-refractivity contribution in [2.75, 3.05) is 17.7 Å². The number of ether oxygens (including phenoxy) is 1. The molecule has 2 aromatic rings. The first-order chi connectivity index (χ1) is 11.4. The van der Waals surface area contributed by atoms with Gasteiger partial charge in [-0.05, 0) is 44.2 Å². The number of hydrogen-bond donors (Lipinski definition) is 1. The molecule has 0 saturated carbocycles. The van der Waals surface area contributed by atoms with Gasteiger partial charge in [-0.15, -0.1) is 0 Å². The van der Waals surface area contributed by atoms with E-state index in [0.29, 0.717) is 10.8 Å². The summed E-state index contributed by atoms with van der Waals surface area (Å²) < 4.78 is 17.6. The zero-order chi connectivity index (χ0) is 17.5. The second-order valence-corrected chi connectivity index (χ2v) is 5.88. The lowest BCUT2D eigenvalue weighted by atomic mass is 10.3. The fourth-order valence-electron chi connectivity index (χ4n) is 1.80. The van der Waals surface area contributed by atoms with Crippen LogP contribution in [0.5, 0.6) is 0 Å². The Morgan fingerprint density at radius 3 is 2.42 bits per heavy atom. The van der Waals surface area contributed by atoms with E-state index in [-0.39, 0.29) is 5.75 Å². The number of anilines is 1. The number of rotatable bonds is 6. The minimum atomic E-state index is -0.544. The van der Waals surface area contributed by atoms with Crippen LogP contribution in [0.4, 0.5) is 10.1 Å². The van der Waals surface area contributed by atoms with E-state index in [1.54, 1.807) is 0 Å². The van der Waals surface area contributed by atoms with Gasteiger partial charge in [0.05, 0.1) is 5.75 Å². The molecule has 126 valence electrons. The van der Waals surface area contributed by atoms with Gasteiger partial charge < -0.3 is 10.1 Å². The Balaban J connectivity index is 1.74.